The van der Waals surface area contributed by atoms with Crippen molar-refractivity contribution in [1.29, 1.82) is 0 Å². The topological polar surface area (TPSA) is 52.7 Å². The number of halogens is 2. The van der Waals surface area contributed by atoms with Crippen LogP contribution in [0.15, 0.2) is 30.8 Å². The molecule has 1 aliphatic heterocycles. The first-order valence-corrected chi connectivity index (χ1v) is 6.09. The highest BCUT2D eigenvalue weighted by atomic mass is 35.5. The number of urea groups is 2. The second kappa shape index (κ2) is 4.75. The van der Waals surface area contributed by atoms with Gasteiger partial charge in [-0.25, -0.2) is 18.4 Å². The van der Waals surface area contributed by atoms with Gasteiger partial charge in [-0.2, -0.15) is 0 Å². The van der Waals surface area contributed by atoms with E-state index < -0.39 is 17.7 Å². The van der Waals surface area contributed by atoms with Gasteiger partial charge < -0.3 is 0 Å². The van der Waals surface area contributed by atoms with Crippen molar-refractivity contribution >= 4 is 41.7 Å². The highest BCUT2D eigenvalue weighted by Gasteiger charge is 2.49. The van der Waals surface area contributed by atoms with Crippen molar-refractivity contribution in [2.75, 3.05) is 0 Å². The van der Waals surface area contributed by atoms with Crippen LogP contribution in [0.3, 0.4) is 0 Å². The van der Waals surface area contributed by atoms with E-state index in [-0.39, 0.29) is 0 Å². The molecule has 1 aromatic carbocycles. The largest absolute Gasteiger partial charge is 0.342 e. The zero-order chi connectivity index (χ0) is 14.2. The molecule has 0 aromatic heterocycles. The second-order valence-electron chi connectivity index (χ2n) is 4.14. The summed E-state index contributed by atoms with van der Waals surface area (Å²) in [7, 11) is 0. The molecule has 0 aliphatic carbocycles. The SMILES string of the molecule is C=Cc1ccc(C2(C)N(Cl)C(=O)NC(=O)N2Cl)cc1. The fraction of sp³-hybridized carbons (Fsp3) is 0.167. The number of carbonyl (C=O) groups excluding carboxylic acids is 2. The minimum Gasteiger partial charge on any atom is -0.257 e. The Kier molecular flexibility index (Phi) is 3.43. The molecule has 1 saturated heterocycles. The lowest BCUT2D eigenvalue weighted by Gasteiger charge is -2.44. The number of hydrogen-bond acceptors (Lipinski definition) is 2. The number of nitrogens with zero attached hydrogens (tertiary/aromatic N) is 2. The minimum atomic E-state index is -1.28. The number of carbonyl (C=O) groups is 2. The van der Waals surface area contributed by atoms with Gasteiger partial charge in [0.2, 0.25) is 0 Å². The van der Waals surface area contributed by atoms with Crippen molar-refractivity contribution in [1.82, 2.24) is 14.2 Å². The molecule has 1 N–H and O–H groups in total. The number of benzene rings is 1. The van der Waals surface area contributed by atoms with Gasteiger partial charge in [-0.1, -0.05) is 36.9 Å². The highest BCUT2D eigenvalue weighted by Crippen LogP contribution is 2.37. The summed E-state index contributed by atoms with van der Waals surface area (Å²) in [6, 6.07) is 5.60. The van der Waals surface area contributed by atoms with Crippen LogP contribution in [0.2, 0.25) is 0 Å². The molecule has 1 heterocycles. The summed E-state index contributed by atoms with van der Waals surface area (Å²) in [4.78, 5) is 23.2. The molecule has 1 aliphatic rings. The lowest BCUT2D eigenvalue weighted by Crippen LogP contribution is -2.63. The van der Waals surface area contributed by atoms with E-state index in [2.05, 4.69) is 6.58 Å². The van der Waals surface area contributed by atoms with Gasteiger partial charge in [-0.05, 0) is 12.5 Å². The standard InChI is InChI=1S/C12H11Cl2N3O2/c1-3-8-4-6-9(7-5-8)12(2)16(13)10(18)15-11(19)17(12)14/h3-7H,1H2,2H3,(H,15,18,19). The molecule has 0 atom stereocenters. The van der Waals surface area contributed by atoms with E-state index in [4.69, 9.17) is 23.6 Å². The van der Waals surface area contributed by atoms with Gasteiger partial charge >= 0.3 is 12.1 Å². The Morgan fingerprint density at radius 3 is 2.05 bits per heavy atom. The maximum Gasteiger partial charge on any atom is 0.342 e. The Hall–Kier alpha value is -1.72. The molecule has 19 heavy (non-hydrogen) atoms. The van der Waals surface area contributed by atoms with Crippen LogP contribution >= 0.6 is 23.6 Å². The number of imide groups is 1. The van der Waals surface area contributed by atoms with Gasteiger partial charge in [0.05, 0.1) is 0 Å². The lowest BCUT2D eigenvalue weighted by molar-refractivity contribution is 0.0875. The van der Waals surface area contributed by atoms with E-state index in [1.54, 1.807) is 37.3 Å². The highest BCUT2D eigenvalue weighted by molar-refractivity contribution is 6.29. The fourth-order valence-electron chi connectivity index (χ4n) is 1.82. The number of nitrogens with one attached hydrogen (secondary N) is 1. The van der Waals surface area contributed by atoms with Gasteiger partial charge in [0.15, 0.2) is 5.66 Å². The van der Waals surface area contributed by atoms with Crippen LogP contribution in [0, 0.1) is 0 Å². The zero-order valence-electron chi connectivity index (χ0n) is 10.1. The van der Waals surface area contributed by atoms with E-state index in [9.17, 15) is 9.59 Å². The summed E-state index contributed by atoms with van der Waals surface area (Å²) in [5.74, 6) is 0. The minimum absolute atomic E-state index is 0.603. The quantitative estimate of drug-likeness (QED) is 0.852. The van der Waals surface area contributed by atoms with Crippen LogP contribution in [0.25, 0.3) is 6.08 Å². The Bertz CT molecular complexity index is 524. The van der Waals surface area contributed by atoms with Crippen LogP contribution in [-0.2, 0) is 5.66 Å². The average Bonchev–Trinajstić information content (AvgIpc) is 2.43. The average molecular weight is 300 g/mol. The predicted octanol–water partition coefficient (Wildman–Crippen LogP) is 3.26. The molecule has 5 nitrogen and oxygen atoms in total. The molecule has 0 radical (unpaired) electrons. The molecule has 0 unspecified atom stereocenters. The molecule has 0 saturated carbocycles. The van der Waals surface area contributed by atoms with Crippen molar-refractivity contribution in [3.63, 3.8) is 0 Å². The van der Waals surface area contributed by atoms with Gasteiger partial charge in [0.1, 0.15) is 0 Å². The summed E-state index contributed by atoms with van der Waals surface area (Å²) in [5, 5.41) is 2.02. The predicted molar refractivity (Wildman–Crippen MR) is 73.2 cm³/mol. The first-order valence-electron chi connectivity index (χ1n) is 5.41. The van der Waals surface area contributed by atoms with Gasteiger partial charge in [0, 0.05) is 29.1 Å². The summed E-state index contributed by atoms with van der Waals surface area (Å²) in [5.41, 5.74) is 0.231. The molecule has 4 amide bonds. The first kappa shape index (κ1) is 13.7. The normalized spacial score (nSPS) is 18.3. The van der Waals surface area contributed by atoms with Crippen LogP contribution in [0.5, 0.6) is 0 Å². The van der Waals surface area contributed by atoms with E-state index in [0.717, 1.165) is 14.4 Å². The third-order valence-electron chi connectivity index (χ3n) is 3.03. The molecular weight excluding hydrogens is 289 g/mol. The van der Waals surface area contributed by atoms with E-state index >= 15 is 0 Å². The lowest BCUT2D eigenvalue weighted by atomic mass is 9.99. The van der Waals surface area contributed by atoms with Crippen LogP contribution < -0.4 is 5.32 Å². The monoisotopic (exact) mass is 299 g/mol. The van der Waals surface area contributed by atoms with Crippen molar-refractivity contribution < 1.29 is 9.59 Å². The summed E-state index contributed by atoms with van der Waals surface area (Å²) in [6.07, 6.45) is 1.68. The van der Waals surface area contributed by atoms with Gasteiger partial charge in [-0.3, -0.25) is 5.32 Å². The number of amides is 4. The summed E-state index contributed by atoms with van der Waals surface area (Å²) in [6.45, 7) is 5.23. The van der Waals surface area contributed by atoms with Crippen LogP contribution in [-0.4, -0.2) is 20.9 Å². The van der Waals surface area contributed by atoms with Crippen molar-refractivity contribution in [3.8, 4) is 0 Å². The fourth-order valence-corrected chi connectivity index (χ4v) is 2.29. The number of hydrogen-bond donors (Lipinski definition) is 1. The smallest absolute Gasteiger partial charge is 0.257 e. The molecule has 0 bridgehead atoms. The molecule has 2 rings (SSSR count). The van der Waals surface area contributed by atoms with Gasteiger partial charge in [0.25, 0.3) is 0 Å². The maximum absolute atomic E-state index is 11.6. The van der Waals surface area contributed by atoms with Crippen LogP contribution in [0.1, 0.15) is 18.1 Å². The Labute approximate surface area is 120 Å². The van der Waals surface area contributed by atoms with E-state index in [1.165, 1.54) is 0 Å². The zero-order valence-corrected chi connectivity index (χ0v) is 11.6. The Balaban J connectivity index is 2.50. The van der Waals surface area contributed by atoms with E-state index in [1.807, 2.05) is 5.32 Å². The van der Waals surface area contributed by atoms with E-state index in [0.29, 0.717) is 5.56 Å². The van der Waals surface area contributed by atoms with Crippen LogP contribution in [0.4, 0.5) is 9.59 Å². The Morgan fingerprint density at radius 2 is 1.63 bits per heavy atom. The summed E-state index contributed by atoms with van der Waals surface area (Å²) < 4.78 is 1.70. The molecule has 100 valence electrons. The number of rotatable bonds is 2. The van der Waals surface area contributed by atoms with Crippen molar-refractivity contribution in [3.05, 3.63) is 42.0 Å². The first-order chi connectivity index (χ1) is 8.91. The third-order valence-corrected chi connectivity index (χ3v) is 3.99. The maximum atomic E-state index is 11.6. The molecule has 1 fully saturated rings. The van der Waals surface area contributed by atoms with Crippen molar-refractivity contribution in [2.45, 2.75) is 12.6 Å². The molecule has 1 aromatic rings. The molecular formula is C12H11Cl2N3O2. The Morgan fingerprint density at radius 1 is 1.16 bits per heavy atom. The van der Waals surface area contributed by atoms with Gasteiger partial charge in [-0.15, -0.1) is 0 Å². The van der Waals surface area contributed by atoms with Crippen molar-refractivity contribution in [2.24, 2.45) is 0 Å². The third kappa shape index (κ3) is 2.05. The second-order valence-corrected chi connectivity index (χ2v) is 4.82. The molecule has 0 spiro atoms. The summed E-state index contributed by atoms with van der Waals surface area (Å²) >= 11 is 11.9. The molecule has 7 heteroatoms.